The van der Waals surface area contributed by atoms with Crippen LogP contribution in [0.2, 0.25) is 0 Å². The normalized spacial score (nSPS) is 9.89. The Kier molecular flexibility index (Phi) is 2.30. The van der Waals surface area contributed by atoms with E-state index in [1.54, 1.807) is 19.6 Å². The first kappa shape index (κ1) is 6.32. The van der Waals surface area contributed by atoms with Crippen LogP contribution in [-0.4, -0.2) is 7.11 Å². The van der Waals surface area contributed by atoms with Crippen LogP contribution < -0.4 is 5.48 Å². The van der Waals surface area contributed by atoms with Crippen LogP contribution >= 0.6 is 0 Å². The van der Waals surface area contributed by atoms with Crippen molar-refractivity contribution in [2.24, 2.45) is 0 Å². The van der Waals surface area contributed by atoms with Gasteiger partial charge in [-0.15, -0.1) is 0 Å². The topological polar surface area (TPSA) is 34.4 Å². The molecule has 1 rings (SSSR count). The van der Waals surface area contributed by atoms with Gasteiger partial charge in [0.05, 0.1) is 19.6 Å². The highest BCUT2D eigenvalue weighted by Gasteiger charge is 1.89. The van der Waals surface area contributed by atoms with Crippen LogP contribution in [-0.2, 0) is 11.4 Å². The summed E-state index contributed by atoms with van der Waals surface area (Å²) < 4.78 is 4.82. The average Bonchev–Trinajstić information content (AvgIpc) is 2.34. The lowest BCUT2D eigenvalue weighted by molar-refractivity contribution is 0.0866. The van der Waals surface area contributed by atoms with Crippen molar-refractivity contribution in [3.8, 4) is 0 Å². The number of furan rings is 1. The molecule has 0 radical (unpaired) electrons. The quantitative estimate of drug-likeness (QED) is 0.613. The van der Waals surface area contributed by atoms with Gasteiger partial charge in [-0.05, 0) is 6.07 Å². The Bertz CT molecular complexity index is 148. The molecule has 0 aromatic carbocycles. The van der Waals surface area contributed by atoms with E-state index in [9.17, 15) is 0 Å². The highest BCUT2D eigenvalue weighted by atomic mass is 16.6. The van der Waals surface area contributed by atoms with E-state index in [-0.39, 0.29) is 0 Å². The lowest BCUT2D eigenvalue weighted by atomic mass is 10.3. The van der Waals surface area contributed by atoms with E-state index in [1.165, 1.54) is 0 Å². The minimum atomic E-state index is 0.688. The molecule has 0 aliphatic carbocycles. The highest BCUT2D eigenvalue weighted by Crippen LogP contribution is 1.97. The van der Waals surface area contributed by atoms with Gasteiger partial charge >= 0.3 is 0 Å². The van der Waals surface area contributed by atoms with Gasteiger partial charge in [0, 0.05) is 12.1 Å². The van der Waals surface area contributed by atoms with E-state index < -0.39 is 0 Å². The highest BCUT2D eigenvalue weighted by molar-refractivity contribution is 5.03. The minimum absolute atomic E-state index is 0.688. The first-order valence-corrected chi connectivity index (χ1v) is 2.70. The molecule has 0 amide bonds. The molecule has 9 heavy (non-hydrogen) atoms. The molecule has 0 atom stereocenters. The van der Waals surface area contributed by atoms with Gasteiger partial charge in [-0.2, -0.15) is 5.48 Å². The second kappa shape index (κ2) is 3.27. The van der Waals surface area contributed by atoms with Crippen LogP contribution in [0, 0.1) is 0 Å². The van der Waals surface area contributed by atoms with Crippen molar-refractivity contribution in [2.45, 2.75) is 6.54 Å². The van der Waals surface area contributed by atoms with Crippen LogP contribution in [0.4, 0.5) is 0 Å². The SMILES string of the molecule is CONCc1ccoc1. The Morgan fingerprint density at radius 3 is 3.22 bits per heavy atom. The molecule has 0 bridgehead atoms. The fourth-order valence-corrected chi connectivity index (χ4v) is 0.549. The van der Waals surface area contributed by atoms with Gasteiger partial charge in [-0.25, -0.2) is 0 Å². The van der Waals surface area contributed by atoms with E-state index in [4.69, 9.17) is 4.42 Å². The van der Waals surface area contributed by atoms with Gasteiger partial charge in [0.1, 0.15) is 0 Å². The molecule has 3 nitrogen and oxygen atoms in total. The van der Waals surface area contributed by atoms with Crippen LogP contribution in [0.5, 0.6) is 0 Å². The van der Waals surface area contributed by atoms with Gasteiger partial charge in [0.2, 0.25) is 0 Å². The van der Waals surface area contributed by atoms with E-state index in [2.05, 4.69) is 10.3 Å². The van der Waals surface area contributed by atoms with Crippen LogP contribution in [0.3, 0.4) is 0 Å². The zero-order valence-electron chi connectivity index (χ0n) is 5.26. The maximum atomic E-state index is 4.82. The summed E-state index contributed by atoms with van der Waals surface area (Å²) in [6.45, 7) is 0.688. The third-order valence-corrected chi connectivity index (χ3v) is 1.00. The van der Waals surface area contributed by atoms with Gasteiger partial charge in [-0.1, -0.05) is 0 Å². The van der Waals surface area contributed by atoms with Crippen LogP contribution in [0.25, 0.3) is 0 Å². The lowest BCUT2D eigenvalue weighted by Gasteiger charge is -1.95. The van der Waals surface area contributed by atoms with Crippen LogP contribution in [0.15, 0.2) is 23.0 Å². The second-order valence-electron chi connectivity index (χ2n) is 1.66. The maximum absolute atomic E-state index is 4.82. The molecule has 0 aliphatic rings. The predicted octanol–water partition coefficient (Wildman–Crippen LogP) is 0.931. The van der Waals surface area contributed by atoms with Crippen molar-refractivity contribution in [1.82, 2.24) is 5.48 Å². The van der Waals surface area contributed by atoms with Crippen molar-refractivity contribution in [2.75, 3.05) is 7.11 Å². The van der Waals surface area contributed by atoms with Crippen molar-refractivity contribution >= 4 is 0 Å². The standard InChI is InChI=1S/C6H9NO2/c1-8-7-4-6-2-3-9-5-6/h2-3,5,7H,4H2,1H3. The Balaban J connectivity index is 2.30. The Labute approximate surface area is 53.6 Å². The van der Waals surface area contributed by atoms with Gasteiger partial charge in [0.15, 0.2) is 0 Å². The molecule has 0 aliphatic heterocycles. The van der Waals surface area contributed by atoms with Crippen LogP contribution in [0.1, 0.15) is 5.56 Å². The van der Waals surface area contributed by atoms with Crippen molar-refractivity contribution in [1.29, 1.82) is 0 Å². The summed E-state index contributed by atoms with van der Waals surface area (Å²) in [5, 5.41) is 0. The zero-order valence-corrected chi connectivity index (χ0v) is 5.26. The van der Waals surface area contributed by atoms with E-state index >= 15 is 0 Å². The number of rotatable bonds is 3. The third-order valence-electron chi connectivity index (χ3n) is 1.00. The molecule has 1 aromatic rings. The number of hydrogen-bond donors (Lipinski definition) is 1. The van der Waals surface area contributed by atoms with E-state index in [0.29, 0.717) is 6.54 Å². The summed E-state index contributed by atoms with van der Waals surface area (Å²) in [6.07, 6.45) is 3.30. The van der Waals surface area contributed by atoms with Gasteiger partial charge < -0.3 is 9.25 Å². The molecule has 0 saturated heterocycles. The fourth-order valence-electron chi connectivity index (χ4n) is 0.549. The molecule has 0 fully saturated rings. The molecule has 0 saturated carbocycles. The molecular formula is C6H9NO2. The lowest BCUT2D eigenvalue weighted by Crippen LogP contribution is -2.09. The third kappa shape index (κ3) is 1.87. The smallest absolute Gasteiger partial charge is 0.0948 e. The van der Waals surface area contributed by atoms with Crippen molar-refractivity contribution in [3.05, 3.63) is 24.2 Å². The van der Waals surface area contributed by atoms with Gasteiger partial charge in [0.25, 0.3) is 0 Å². The predicted molar refractivity (Wildman–Crippen MR) is 32.6 cm³/mol. The number of hydrogen-bond acceptors (Lipinski definition) is 3. The summed E-state index contributed by atoms with van der Waals surface area (Å²) in [4.78, 5) is 4.62. The first-order valence-electron chi connectivity index (χ1n) is 2.70. The largest absolute Gasteiger partial charge is 0.472 e. The summed E-state index contributed by atoms with van der Waals surface area (Å²) >= 11 is 0. The summed E-state index contributed by atoms with van der Waals surface area (Å²) in [6, 6.07) is 1.88. The molecule has 1 aromatic heterocycles. The molecular weight excluding hydrogens is 118 g/mol. The van der Waals surface area contributed by atoms with Crippen molar-refractivity contribution in [3.63, 3.8) is 0 Å². The summed E-state index contributed by atoms with van der Waals surface area (Å²) in [7, 11) is 1.58. The molecule has 50 valence electrons. The molecule has 1 heterocycles. The average molecular weight is 127 g/mol. The fraction of sp³-hybridized carbons (Fsp3) is 0.333. The van der Waals surface area contributed by atoms with Crippen molar-refractivity contribution < 1.29 is 9.25 Å². The Morgan fingerprint density at radius 1 is 1.78 bits per heavy atom. The molecule has 1 N–H and O–H groups in total. The molecule has 0 unspecified atom stereocenters. The summed E-state index contributed by atoms with van der Waals surface area (Å²) in [5.74, 6) is 0. The maximum Gasteiger partial charge on any atom is 0.0948 e. The minimum Gasteiger partial charge on any atom is -0.472 e. The molecule has 3 heteroatoms. The Morgan fingerprint density at radius 2 is 2.67 bits per heavy atom. The summed E-state index contributed by atoms with van der Waals surface area (Å²) in [5.41, 5.74) is 3.77. The Hall–Kier alpha value is -0.800. The van der Waals surface area contributed by atoms with E-state index in [1.807, 2.05) is 6.07 Å². The second-order valence-corrected chi connectivity index (χ2v) is 1.66. The van der Waals surface area contributed by atoms with Gasteiger partial charge in [-0.3, -0.25) is 0 Å². The molecule has 0 spiro atoms. The number of nitrogens with one attached hydrogen (secondary N) is 1. The number of hydroxylamine groups is 1. The van der Waals surface area contributed by atoms with E-state index in [0.717, 1.165) is 5.56 Å². The monoisotopic (exact) mass is 127 g/mol. The first-order chi connectivity index (χ1) is 4.43. The zero-order chi connectivity index (χ0) is 6.53.